The van der Waals surface area contributed by atoms with Gasteiger partial charge in [0, 0.05) is 28.9 Å². The normalized spacial score (nSPS) is 10.5. The molecular formula is C12H11ClN2O2. The maximum absolute atomic E-state index is 10.8. The van der Waals surface area contributed by atoms with E-state index in [1.807, 2.05) is 13.1 Å². The van der Waals surface area contributed by atoms with E-state index in [1.54, 1.807) is 16.9 Å². The second-order valence-electron chi connectivity index (χ2n) is 3.58. The van der Waals surface area contributed by atoms with Crippen molar-refractivity contribution in [2.24, 2.45) is 0 Å². The van der Waals surface area contributed by atoms with Gasteiger partial charge in [0.1, 0.15) is 0 Å². The summed E-state index contributed by atoms with van der Waals surface area (Å²) in [5, 5.41) is 13.4. The van der Waals surface area contributed by atoms with Gasteiger partial charge in [0.25, 0.3) is 0 Å². The van der Waals surface area contributed by atoms with E-state index in [4.69, 9.17) is 16.7 Å². The molecule has 1 heterocycles. The molecule has 0 bridgehead atoms. The molecule has 2 aromatic rings. The highest BCUT2D eigenvalue weighted by Crippen LogP contribution is 2.28. The number of aromatic carboxylic acids is 1. The first-order valence-corrected chi connectivity index (χ1v) is 5.55. The Labute approximate surface area is 103 Å². The Balaban J connectivity index is 2.42. The predicted octanol–water partition coefficient (Wildman–Crippen LogP) is 2.92. The summed E-state index contributed by atoms with van der Waals surface area (Å²) >= 11 is 6.06. The zero-order chi connectivity index (χ0) is 12.4. The number of rotatable bonds is 3. The van der Waals surface area contributed by atoms with Crippen LogP contribution in [0.5, 0.6) is 0 Å². The minimum absolute atomic E-state index is 0.182. The Morgan fingerprint density at radius 3 is 2.82 bits per heavy atom. The third kappa shape index (κ3) is 2.31. The number of carboxylic acids is 1. The largest absolute Gasteiger partial charge is 0.478 e. The van der Waals surface area contributed by atoms with Gasteiger partial charge in [0.05, 0.1) is 11.8 Å². The summed E-state index contributed by atoms with van der Waals surface area (Å²) in [5.74, 6) is -0.984. The zero-order valence-corrected chi connectivity index (χ0v) is 9.98. The molecule has 1 aromatic heterocycles. The molecule has 0 atom stereocenters. The average Bonchev–Trinajstić information content (AvgIpc) is 2.77. The molecule has 0 saturated carbocycles. The van der Waals surface area contributed by atoms with Gasteiger partial charge in [-0.3, -0.25) is 4.68 Å². The van der Waals surface area contributed by atoms with Gasteiger partial charge in [-0.05, 0) is 19.1 Å². The summed E-state index contributed by atoms with van der Waals surface area (Å²) in [7, 11) is 0. The molecule has 0 aliphatic heterocycles. The number of aromatic nitrogens is 2. The highest BCUT2D eigenvalue weighted by atomic mass is 35.5. The Hall–Kier alpha value is -1.81. The van der Waals surface area contributed by atoms with Crippen molar-refractivity contribution in [2.75, 3.05) is 0 Å². The molecule has 0 unspecified atom stereocenters. The SMILES string of the molecule is CCn1cc(-c2ccc(C(=O)O)cc2Cl)cn1. The topological polar surface area (TPSA) is 55.1 Å². The van der Waals surface area contributed by atoms with E-state index in [0.29, 0.717) is 5.02 Å². The van der Waals surface area contributed by atoms with Gasteiger partial charge in [-0.1, -0.05) is 17.7 Å². The summed E-state index contributed by atoms with van der Waals surface area (Å²) in [6, 6.07) is 4.68. The molecule has 1 aromatic carbocycles. The fourth-order valence-electron chi connectivity index (χ4n) is 1.56. The van der Waals surface area contributed by atoms with Crippen LogP contribution in [0.4, 0.5) is 0 Å². The number of carbonyl (C=O) groups is 1. The van der Waals surface area contributed by atoms with E-state index in [1.165, 1.54) is 12.1 Å². The van der Waals surface area contributed by atoms with Gasteiger partial charge < -0.3 is 5.11 Å². The number of nitrogens with zero attached hydrogens (tertiary/aromatic N) is 2. The molecule has 0 amide bonds. The monoisotopic (exact) mass is 250 g/mol. The lowest BCUT2D eigenvalue weighted by molar-refractivity contribution is 0.0697. The molecule has 0 saturated heterocycles. The number of benzene rings is 1. The first-order valence-electron chi connectivity index (χ1n) is 5.17. The first-order chi connectivity index (χ1) is 8.11. The summed E-state index contributed by atoms with van der Waals surface area (Å²) in [6.07, 6.45) is 3.59. The molecular weight excluding hydrogens is 240 g/mol. The maximum Gasteiger partial charge on any atom is 0.335 e. The van der Waals surface area contributed by atoms with Crippen LogP contribution in [0.25, 0.3) is 11.1 Å². The van der Waals surface area contributed by atoms with Crippen molar-refractivity contribution in [1.29, 1.82) is 0 Å². The molecule has 0 aliphatic carbocycles. The number of carboxylic acid groups (broad SMARTS) is 1. The molecule has 0 aliphatic rings. The third-order valence-corrected chi connectivity index (χ3v) is 2.80. The standard InChI is InChI=1S/C12H11ClN2O2/c1-2-15-7-9(6-14-15)10-4-3-8(12(16)17)5-11(10)13/h3-7H,2H2,1H3,(H,16,17). The maximum atomic E-state index is 10.8. The molecule has 17 heavy (non-hydrogen) atoms. The zero-order valence-electron chi connectivity index (χ0n) is 9.22. The highest BCUT2D eigenvalue weighted by molar-refractivity contribution is 6.33. The van der Waals surface area contributed by atoms with Gasteiger partial charge in [-0.2, -0.15) is 5.10 Å². The van der Waals surface area contributed by atoms with E-state index in [2.05, 4.69) is 5.10 Å². The fourth-order valence-corrected chi connectivity index (χ4v) is 1.85. The second kappa shape index (κ2) is 4.59. The summed E-state index contributed by atoms with van der Waals surface area (Å²) < 4.78 is 1.79. The van der Waals surface area contributed by atoms with Crippen LogP contribution in [-0.4, -0.2) is 20.9 Å². The second-order valence-corrected chi connectivity index (χ2v) is 3.99. The highest BCUT2D eigenvalue weighted by Gasteiger charge is 2.09. The van der Waals surface area contributed by atoms with Crippen LogP contribution in [0.1, 0.15) is 17.3 Å². The lowest BCUT2D eigenvalue weighted by atomic mass is 10.1. The lowest BCUT2D eigenvalue weighted by Crippen LogP contribution is -1.95. The van der Waals surface area contributed by atoms with Crippen molar-refractivity contribution in [3.8, 4) is 11.1 Å². The Morgan fingerprint density at radius 2 is 2.29 bits per heavy atom. The molecule has 0 spiro atoms. The summed E-state index contributed by atoms with van der Waals surface area (Å²) in [4.78, 5) is 10.8. The number of halogens is 1. The van der Waals surface area contributed by atoms with Crippen molar-refractivity contribution in [1.82, 2.24) is 9.78 Å². The van der Waals surface area contributed by atoms with Crippen LogP contribution in [0.15, 0.2) is 30.6 Å². The van der Waals surface area contributed by atoms with Gasteiger partial charge in [0.2, 0.25) is 0 Å². The molecule has 4 nitrogen and oxygen atoms in total. The molecule has 1 N–H and O–H groups in total. The van der Waals surface area contributed by atoms with Crippen molar-refractivity contribution in [2.45, 2.75) is 13.5 Å². The van der Waals surface area contributed by atoms with Crippen molar-refractivity contribution in [3.05, 3.63) is 41.2 Å². The fraction of sp³-hybridized carbons (Fsp3) is 0.167. The molecule has 5 heteroatoms. The van der Waals surface area contributed by atoms with Crippen LogP contribution >= 0.6 is 11.6 Å². The van der Waals surface area contributed by atoms with Gasteiger partial charge in [0.15, 0.2) is 0 Å². The number of hydrogen-bond donors (Lipinski definition) is 1. The number of hydrogen-bond acceptors (Lipinski definition) is 2. The minimum atomic E-state index is -0.984. The van der Waals surface area contributed by atoms with Gasteiger partial charge in [-0.25, -0.2) is 4.79 Å². The van der Waals surface area contributed by atoms with Crippen LogP contribution < -0.4 is 0 Å². The quantitative estimate of drug-likeness (QED) is 0.911. The van der Waals surface area contributed by atoms with E-state index in [9.17, 15) is 4.79 Å². The molecule has 0 fully saturated rings. The van der Waals surface area contributed by atoms with Crippen LogP contribution in [0.3, 0.4) is 0 Å². The van der Waals surface area contributed by atoms with Gasteiger partial charge in [-0.15, -0.1) is 0 Å². The van der Waals surface area contributed by atoms with Gasteiger partial charge >= 0.3 is 5.97 Å². The first kappa shape index (κ1) is 11.7. The van der Waals surface area contributed by atoms with E-state index >= 15 is 0 Å². The molecule has 88 valence electrons. The van der Waals surface area contributed by atoms with Crippen LogP contribution in [0, 0.1) is 0 Å². The summed E-state index contributed by atoms with van der Waals surface area (Å²) in [6.45, 7) is 2.77. The average molecular weight is 251 g/mol. The summed E-state index contributed by atoms with van der Waals surface area (Å²) in [5.41, 5.74) is 1.85. The lowest BCUT2D eigenvalue weighted by Gasteiger charge is -2.02. The minimum Gasteiger partial charge on any atom is -0.478 e. The van der Waals surface area contributed by atoms with Crippen molar-refractivity contribution >= 4 is 17.6 Å². The Bertz CT molecular complexity index is 563. The van der Waals surface area contributed by atoms with Crippen LogP contribution in [-0.2, 0) is 6.54 Å². The van der Waals surface area contributed by atoms with E-state index < -0.39 is 5.97 Å². The molecule has 2 rings (SSSR count). The smallest absolute Gasteiger partial charge is 0.335 e. The third-order valence-electron chi connectivity index (χ3n) is 2.48. The Kier molecular flexibility index (Phi) is 3.15. The van der Waals surface area contributed by atoms with Crippen LogP contribution in [0.2, 0.25) is 5.02 Å². The van der Waals surface area contributed by atoms with E-state index in [-0.39, 0.29) is 5.56 Å². The predicted molar refractivity (Wildman–Crippen MR) is 65.3 cm³/mol. The van der Waals surface area contributed by atoms with Crippen molar-refractivity contribution in [3.63, 3.8) is 0 Å². The number of aryl methyl sites for hydroxylation is 1. The molecule has 0 radical (unpaired) electrons. The van der Waals surface area contributed by atoms with Crippen molar-refractivity contribution < 1.29 is 9.90 Å². The van der Waals surface area contributed by atoms with E-state index in [0.717, 1.165) is 17.7 Å². The Morgan fingerprint density at radius 1 is 1.53 bits per heavy atom.